The number of carbonyl (C=O) groups is 1. The molecule has 0 saturated heterocycles. The van der Waals surface area contributed by atoms with Crippen LogP contribution in [0.25, 0.3) is 0 Å². The lowest BCUT2D eigenvalue weighted by Crippen LogP contribution is -2.47. The van der Waals surface area contributed by atoms with E-state index in [9.17, 15) is 9.18 Å². The van der Waals surface area contributed by atoms with Crippen molar-refractivity contribution >= 4 is 11.7 Å². The Kier molecular flexibility index (Phi) is 3.16. The molecule has 16 heavy (non-hydrogen) atoms. The summed E-state index contributed by atoms with van der Waals surface area (Å²) < 4.78 is 12.6. The molecule has 2 rings (SSSR count). The van der Waals surface area contributed by atoms with Crippen LogP contribution in [0.3, 0.4) is 0 Å². The molecule has 0 aromatic heterocycles. The fourth-order valence-corrected chi connectivity index (χ4v) is 1.37. The number of nitrogens with zero attached hydrogens (tertiary/aromatic N) is 1. The van der Waals surface area contributed by atoms with Crippen LogP contribution >= 0.6 is 0 Å². The zero-order valence-electron chi connectivity index (χ0n) is 8.61. The van der Waals surface area contributed by atoms with Gasteiger partial charge in [0.1, 0.15) is 5.82 Å². The molecular formula is C11H12FN3O. The van der Waals surface area contributed by atoms with Gasteiger partial charge in [0.25, 0.3) is 0 Å². The van der Waals surface area contributed by atoms with E-state index >= 15 is 0 Å². The monoisotopic (exact) mass is 221 g/mol. The number of carbonyl (C=O) groups excluding carboxylic acids is 1. The molecule has 0 saturated carbocycles. The van der Waals surface area contributed by atoms with Crippen molar-refractivity contribution < 1.29 is 9.18 Å². The Bertz CT molecular complexity index is 402. The van der Waals surface area contributed by atoms with E-state index in [0.717, 1.165) is 0 Å². The van der Waals surface area contributed by atoms with E-state index in [1.165, 1.54) is 29.3 Å². The molecule has 1 heterocycles. The quantitative estimate of drug-likeness (QED) is 0.709. The number of benzene rings is 1. The normalized spacial score (nSPS) is 14.9. The maximum Gasteiger partial charge on any atom is 0.336 e. The molecule has 5 heteroatoms. The van der Waals surface area contributed by atoms with E-state index < -0.39 is 0 Å². The van der Waals surface area contributed by atoms with Gasteiger partial charge in [0.2, 0.25) is 0 Å². The Morgan fingerprint density at radius 2 is 2.06 bits per heavy atom. The third-order valence-corrected chi connectivity index (χ3v) is 2.20. The molecule has 0 atom stereocenters. The van der Waals surface area contributed by atoms with Gasteiger partial charge in [0.15, 0.2) is 0 Å². The second-order valence-corrected chi connectivity index (χ2v) is 3.38. The van der Waals surface area contributed by atoms with Gasteiger partial charge >= 0.3 is 6.03 Å². The first-order valence-electron chi connectivity index (χ1n) is 4.98. The maximum atomic E-state index is 12.6. The summed E-state index contributed by atoms with van der Waals surface area (Å²) in [5.41, 5.74) is 3.48. The van der Waals surface area contributed by atoms with Crippen molar-refractivity contribution in [3.05, 3.63) is 42.2 Å². The molecule has 0 unspecified atom stereocenters. The summed E-state index contributed by atoms with van der Waals surface area (Å²) in [6.45, 7) is 1.16. The number of hydrazine groups is 1. The van der Waals surface area contributed by atoms with Crippen LogP contribution in [-0.4, -0.2) is 24.1 Å². The van der Waals surface area contributed by atoms with E-state index in [1.807, 2.05) is 12.2 Å². The molecule has 84 valence electrons. The first kappa shape index (κ1) is 10.6. The van der Waals surface area contributed by atoms with Gasteiger partial charge in [-0.1, -0.05) is 12.2 Å². The lowest BCUT2D eigenvalue weighted by Gasteiger charge is -2.24. The molecule has 0 fully saturated rings. The highest BCUT2D eigenvalue weighted by atomic mass is 19.1. The van der Waals surface area contributed by atoms with E-state index in [0.29, 0.717) is 18.8 Å². The zero-order chi connectivity index (χ0) is 11.4. The minimum atomic E-state index is -0.322. The van der Waals surface area contributed by atoms with E-state index in [4.69, 9.17) is 0 Å². The molecular weight excluding hydrogens is 209 g/mol. The first-order chi connectivity index (χ1) is 7.75. The highest BCUT2D eigenvalue weighted by molar-refractivity contribution is 5.89. The predicted octanol–water partition coefficient (Wildman–Crippen LogP) is 1.73. The molecule has 0 aliphatic carbocycles. The molecule has 2 amide bonds. The zero-order valence-corrected chi connectivity index (χ0v) is 8.61. The second kappa shape index (κ2) is 4.76. The summed E-state index contributed by atoms with van der Waals surface area (Å²) in [7, 11) is 0. The van der Waals surface area contributed by atoms with E-state index in [-0.39, 0.29) is 11.8 Å². The molecule has 0 radical (unpaired) electrons. The standard InChI is InChI=1S/C11H12FN3O/c12-9-3-5-10(6-4-9)14-11(16)15-8-2-1-7-13-15/h1-6,13H,7-8H2,(H,14,16). The topological polar surface area (TPSA) is 44.4 Å². The van der Waals surface area contributed by atoms with Crippen molar-refractivity contribution in [2.24, 2.45) is 0 Å². The Hall–Kier alpha value is -1.88. The molecule has 1 aromatic carbocycles. The van der Waals surface area contributed by atoms with Gasteiger partial charge < -0.3 is 5.32 Å². The fourth-order valence-electron chi connectivity index (χ4n) is 1.37. The molecule has 0 bridgehead atoms. The number of urea groups is 1. The highest BCUT2D eigenvalue weighted by Crippen LogP contribution is 2.09. The predicted molar refractivity (Wildman–Crippen MR) is 59.3 cm³/mol. The summed E-state index contributed by atoms with van der Waals surface area (Å²) in [6, 6.07) is 5.40. The molecule has 2 N–H and O–H groups in total. The summed E-state index contributed by atoms with van der Waals surface area (Å²) >= 11 is 0. The summed E-state index contributed by atoms with van der Waals surface area (Å²) in [4.78, 5) is 11.7. The molecule has 1 aliphatic rings. The molecule has 4 nitrogen and oxygen atoms in total. The maximum absolute atomic E-state index is 12.6. The number of amides is 2. The van der Waals surface area contributed by atoms with Crippen LogP contribution in [0.5, 0.6) is 0 Å². The van der Waals surface area contributed by atoms with Crippen molar-refractivity contribution in [1.29, 1.82) is 0 Å². The Morgan fingerprint density at radius 3 is 2.69 bits per heavy atom. The van der Waals surface area contributed by atoms with Crippen LogP contribution in [0.4, 0.5) is 14.9 Å². The van der Waals surface area contributed by atoms with Crippen molar-refractivity contribution in [1.82, 2.24) is 10.4 Å². The number of anilines is 1. The first-order valence-corrected chi connectivity index (χ1v) is 4.98. The van der Waals surface area contributed by atoms with Gasteiger partial charge in [-0.15, -0.1) is 0 Å². The molecule has 1 aliphatic heterocycles. The van der Waals surface area contributed by atoms with Gasteiger partial charge in [-0.3, -0.25) is 5.01 Å². The van der Waals surface area contributed by atoms with Crippen LogP contribution in [0, 0.1) is 5.82 Å². The largest absolute Gasteiger partial charge is 0.336 e. The third kappa shape index (κ3) is 2.58. The summed E-state index contributed by atoms with van der Waals surface area (Å²) in [6.07, 6.45) is 3.85. The Morgan fingerprint density at radius 1 is 1.31 bits per heavy atom. The minimum Gasteiger partial charge on any atom is -0.307 e. The van der Waals surface area contributed by atoms with Gasteiger partial charge in [0.05, 0.1) is 6.54 Å². The number of rotatable bonds is 1. The van der Waals surface area contributed by atoms with Crippen LogP contribution in [0.1, 0.15) is 0 Å². The lowest BCUT2D eigenvalue weighted by molar-refractivity contribution is 0.193. The van der Waals surface area contributed by atoms with Gasteiger partial charge in [0, 0.05) is 12.2 Å². The van der Waals surface area contributed by atoms with Crippen molar-refractivity contribution in [2.75, 3.05) is 18.4 Å². The van der Waals surface area contributed by atoms with Crippen molar-refractivity contribution in [2.45, 2.75) is 0 Å². The second-order valence-electron chi connectivity index (χ2n) is 3.38. The number of hydrogen-bond donors (Lipinski definition) is 2. The fraction of sp³-hybridized carbons (Fsp3) is 0.182. The van der Waals surface area contributed by atoms with E-state index in [2.05, 4.69) is 10.7 Å². The van der Waals surface area contributed by atoms with Gasteiger partial charge in [-0.2, -0.15) is 0 Å². The summed E-state index contributed by atoms with van der Waals surface area (Å²) in [5.74, 6) is -0.322. The highest BCUT2D eigenvalue weighted by Gasteiger charge is 2.13. The lowest BCUT2D eigenvalue weighted by atomic mass is 10.3. The van der Waals surface area contributed by atoms with Crippen LogP contribution < -0.4 is 10.7 Å². The average molecular weight is 221 g/mol. The van der Waals surface area contributed by atoms with Crippen LogP contribution in [0.2, 0.25) is 0 Å². The molecule has 0 spiro atoms. The summed E-state index contributed by atoms with van der Waals surface area (Å²) in [5, 5.41) is 4.12. The van der Waals surface area contributed by atoms with Gasteiger partial charge in [-0.25, -0.2) is 14.6 Å². The Labute approximate surface area is 92.7 Å². The number of nitrogens with one attached hydrogen (secondary N) is 2. The number of hydrogen-bond acceptors (Lipinski definition) is 2. The van der Waals surface area contributed by atoms with Gasteiger partial charge in [-0.05, 0) is 24.3 Å². The van der Waals surface area contributed by atoms with Crippen molar-refractivity contribution in [3.8, 4) is 0 Å². The van der Waals surface area contributed by atoms with E-state index in [1.54, 1.807) is 0 Å². The van der Waals surface area contributed by atoms with Crippen LogP contribution in [0.15, 0.2) is 36.4 Å². The SMILES string of the molecule is O=C(Nc1ccc(F)cc1)N1CC=CCN1. The molecule has 1 aromatic rings. The smallest absolute Gasteiger partial charge is 0.307 e. The van der Waals surface area contributed by atoms with Crippen molar-refractivity contribution in [3.63, 3.8) is 0 Å². The van der Waals surface area contributed by atoms with Crippen LogP contribution in [-0.2, 0) is 0 Å². The minimum absolute atomic E-state index is 0.254. The average Bonchev–Trinajstić information content (AvgIpc) is 2.33. The third-order valence-electron chi connectivity index (χ3n) is 2.20. The Balaban J connectivity index is 1.96. The number of halogens is 1.